The first-order valence-electron chi connectivity index (χ1n) is 6.08. The fraction of sp³-hybridized carbons (Fsp3) is 0.583. The lowest BCUT2D eigenvalue weighted by Crippen LogP contribution is -2.34. The number of hydrogen-bond donors (Lipinski definition) is 1. The molecule has 0 aromatic carbocycles. The van der Waals surface area contributed by atoms with E-state index in [0.717, 1.165) is 11.3 Å². The highest BCUT2D eigenvalue weighted by molar-refractivity contribution is 7.89. The largest absolute Gasteiger partial charge is 0.465 e. The quantitative estimate of drug-likeness (QED) is 0.840. The Morgan fingerprint density at radius 3 is 2.70 bits per heavy atom. The van der Waals surface area contributed by atoms with Crippen LogP contribution in [0.15, 0.2) is 10.3 Å². The fourth-order valence-corrected chi connectivity index (χ4v) is 5.44. The normalized spacial score (nSPS) is 24.0. The number of esters is 1. The van der Waals surface area contributed by atoms with Gasteiger partial charge in [-0.1, -0.05) is 0 Å². The van der Waals surface area contributed by atoms with Gasteiger partial charge in [-0.15, -0.1) is 11.3 Å². The average Bonchev–Trinajstić information content (AvgIpc) is 2.91. The number of rotatable bonds is 3. The molecule has 1 fully saturated rings. The summed E-state index contributed by atoms with van der Waals surface area (Å²) in [6, 6.07) is 0. The molecule has 1 atom stereocenters. The summed E-state index contributed by atoms with van der Waals surface area (Å²) < 4.78 is 31.2. The summed E-state index contributed by atoms with van der Waals surface area (Å²) in [5.41, 5.74) is -0.510. The first kappa shape index (κ1) is 15.4. The summed E-state index contributed by atoms with van der Waals surface area (Å²) in [6.07, 6.45) is 0.378. The molecule has 0 aliphatic carbocycles. The van der Waals surface area contributed by atoms with Gasteiger partial charge in [-0.3, -0.25) is 0 Å². The number of thiophene rings is 1. The van der Waals surface area contributed by atoms with Crippen LogP contribution in [-0.4, -0.2) is 49.6 Å². The molecular formula is C12H17NO5S2. The van der Waals surface area contributed by atoms with Crippen LogP contribution in [-0.2, 0) is 14.8 Å². The lowest BCUT2D eigenvalue weighted by atomic mass is 10.1. The van der Waals surface area contributed by atoms with Gasteiger partial charge in [0.05, 0.1) is 12.7 Å². The second-order valence-corrected chi connectivity index (χ2v) is 7.91. The van der Waals surface area contributed by atoms with Crippen LogP contribution in [0, 0.1) is 6.92 Å². The number of aryl methyl sites for hydroxylation is 1. The number of sulfonamides is 1. The minimum absolute atomic E-state index is 0.00736. The molecule has 112 valence electrons. The predicted octanol–water partition coefficient (Wildman–Crippen LogP) is 0.989. The number of aliphatic hydroxyl groups is 1. The Bertz CT molecular complexity index is 632. The molecule has 20 heavy (non-hydrogen) atoms. The van der Waals surface area contributed by atoms with Gasteiger partial charge < -0.3 is 9.84 Å². The maximum Gasteiger partial charge on any atom is 0.349 e. The van der Waals surface area contributed by atoms with Crippen molar-refractivity contribution in [3.63, 3.8) is 0 Å². The zero-order chi connectivity index (χ0) is 15.1. The molecular weight excluding hydrogens is 302 g/mol. The molecule has 8 heteroatoms. The summed E-state index contributed by atoms with van der Waals surface area (Å²) >= 11 is 1.05. The first-order valence-corrected chi connectivity index (χ1v) is 8.40. The Hall–Kier alpha value is -0.960. The molecule has 1 saturated heterocycles. The van der Waals surface area contributed by atoms with E-state index in [2.05, 4.69) is 4.74 Å². The molecule has 1 aromatic heterocycles. The number of β-amino-alcohol motifs (C(OH)–C–C–N with tert-alkyl or cyclic N) is 1. The maximum absolute atomic E-state index is 12.7. The SMILES string of the molecule is COC(=O)c1scc(C)c1S(=O)(=O)N1CCC(C)(O)C1. The van der Waals surface area contributed by atoms with Crippen molar-refractivity contribution in [2.45, 2.75) is 30.8 Å². The molecule has 1 aliphatic rings. The standard InChI is InChI=1S/C12H17NO5S2/c1-8-6-19-9(11(14)18-3)10(8)20(16,17)13-5-4-12(2,15)7-13/h6,15H,4-5,7H2,1-3H3. The zero-order valence-corrected chi connectivity index (χ0v) is 13.2. The Kier molecular flexibility index (Phi) is 3.94. The molecule has 0 spiro atoms. The molecule has 2 heterocycles. The second-order valence-electron chi connectivity index (χ2n) is 5.15. The van der Waals surface area contributed by atoms with Gasteiger partial charge in [0.15, 0.2) is 0 Å². The molecule has 1 aromatic rings. The molecule has 0 radical (unpaired) electrons. The van der Waals surface area contributed by atoms with Crippen molar-refractivity contribution < 1.29 is 23.1 Å². The van der Waals surface area contributed by atoms with Crippen LogP contribution >= 0.6 is 11.3 Å². The number of carbonyl (C=O) groups excluding carboxylic acids is 1. The average molecular weight is 319 g/mol. The summed E-state index contributed by atoms with van der Waals surface area (Å²) in [5.74, 6) is -0.660. The van der Waals surface area contributed by atoms with Crippen LogP contribution in [0.1, 0.15) is 28.6 Å². The van der Waals surface area contributed by atoms with Crippen molar-refractivity contribution in [2.75, 3.05) is 20.2 Å². The van der Waals surface area contributed by atoms with Crippen molar-refractivity contribution in [3.8, 4) is 0 Å². The van der Waals surface area contributed by atoms with Gasteiger partial charge in [-0.05, 0) is 31.2 Å². The highest BCUT2D eigenvalue weighted by Gasteiger charge is 2.41. The van der Waals surface area contributed by atoms with Crippen LogP contribution in [0.5, 0.6) is 0 Å². The summed E-state index contributed by atoms with van der Waals surface area (Å²) in [7, 11) is -2.58. The van der Waals surface area contributed by atoms with Gasteiger partial charge in [0.2, 0.25) is 10.0 Å². The van der Waals surface area contributed by atoms with Crippen molar-refractivity contribution in [1.29, 1.82) is 0 Å². The van der Waals surface area contributed by atoms with Gasteiger partial charge in [-0.25, -0.2) is 13.2 Å². The van der Waals surface area contributed by atoms with E-state index in [1.54, 1.807) is 19.2 Å². The van der Waals surface area contributed by atoms with E-state index in [1.807, 2.05) is 0 Å². The number of ether oxygens (including phenoxy) is 1. The predicted molar refractivity (Wildman–Crippen MR) is 74.4 cm³/mol. The monoisotopic (exact) mass is 319 g/mol. The topological polar surface area (TPSA) is 83.9 Å². The summed E-state index contributed by atoms with van der Waals surface area (Å²) in [5, 5.41) is 11.5. The molecule has 0 amide bonds. The van der Waals surface area contributed by atoms with E-state index in [-0.39, 0.29) is 22.9 Å². The molecule has 0 bridgehead atoms. The minimum atomic E-state index is -3.80. The van der Waals surface area contributed by atoms with Crippen LogP contribution in [0.3, 0.4) is 0 Å². The Labute approximate surface area is 122 Å². The first-order chi connectivity index (χ1) is 9.19. The lowest BCUT2D eigenvalue weighted by molar-refractivity contribution is 0.0602. The van der Waals surface area contributed by atoms with Gasteiger partial charge >= 0.3 is 5.97 Å². The molecule has 6 nitrogen and oxygen atoms in total. The van der Waals surface area contributed by atoms with Crippen molar-refractivity contribution in [1.82, 2.24) is 4.31 Å². The summed E-state index contributed by atoms with van der Waals surface area (Å²) in [6.45, 7) is 3.52. The molecule has 0 saturated carbocycles. The van der Waals surface area contributed by atoms with E-state index in [1.165, 1.54) is 11.4 Å². The second kappa shape index (κ2) is 5.10. The molecule has 1 N–H and O–H groups in total. The summed E-state index contributed by atoms with van der Waals surface area (Å²) in [4.78, 5) is 11.8. The van der Waals surface area contributed by atoms with Crippen molar-refractivity contribution in [3.05, 3.63) is 15.8 Å². The van der Waals surface area contributed by atoms with E-state index in [0.29, 0.717) is 12.0 Å². The fourth-order valence-electron chi connectivity index (χ4n) is 2.23. The Morgan fingerprint density at radius 2 is 2.20 bits per heavy atom. The third-order valence-corrected chi connectivity index (χ3v) is 6.54. The highest BCUT2D eigenvalue weighted by atomic mass is 32.2. The van der Waals surface area contributed by atoms with Gasteiger partial charge in [-0.2, -0.15) is 4.31 Å². The number of nitrogens with zero attached hydrogens (tertiary/aromatic N) is 1. The Balaban J connectivity index is 2.45. The van der Waals surface area contributed by atoms with Crippen molar-refractivity contribution in [2.24, 2.45) is 0 Å². The van der Waals surface area contributed by atoms with E-state index >= 15 is 0 Å². The third-order valence-electron chi connectivity index (χ3n) is 3.30. The number of hydrogen-bond acceptors (Lipinski definition) is 6. The molecule has 1 aliphatic heterocycles. The molecule has 2 rings (SSSR count). The zero-order valence-electron chi connectivity index (χ0n) is 11.5. The highest BCUT2D eigenvalue weighted by Crippen LogP contribution is 2.33. The van der Waals surface area contributed by atoms with E-state index in [4.69, 9.17) is 0 Å². The lowest BCUT2D eigenvalue weighted by Gasteiger charge is -2.19. The smallest absolute Gasteiger partial charge is 0.349 e. The maximum atomic E-state index is 12.7. The van der Waals surface area contributed by atoms with Crippen LogP contribution in [0.4, 0.5) is 0 Å². The van der Waals surface area contributed by atoms with Gasteiger partial charge in [0, 0.05) is 13.1 Å². The van der Waals surface area contributed by atoms with Crippen LogP contribution in [0.2, 0.25) is 0 Å². The minimum Gasteiger partial charge on any atom is -0.465 e. The van der Waals surface area contributed by atoms with E-state index < -0.39 is 21.6 Å². The van der Waals surface area contributed by atoms with Crippen LogP contribution in [0.25, 0.3) is 0 Å². The van der Waals surface area contributed by atoms with Gasteiger partial charge in [0.25, 0.3) is 0 Å². The number of methoxy groups -OCH3 is 1. The molecule has 1 unspecified atom stereocenters. The Morgan fingerprint density at radius 1 is 1.55 bits per heavy atom. The van der Waals surface area contributed by atoms with E-state index in [9.17, 15) is 18.3 Å². The van der Waals surface area contributed by atoms with Gasteiger partial charge in [0.1, 0.15) is 9.77 Å². The van der Waals surface area contributed by atoms with Crippen LogP contribution < -0.4 is 0 Å². The van der Waals surface area contributed by atoms with Crippen molar-refractivity contribution >= 4 is 27.3 Å². The number of carbonyl (C=O) groups is 1. The third kappa shape index (κ3) is 2.60.